The number of nitrogens with one attached hydrogen (secondary N) is 6. The molecule has 8 N–H and O–H groups in total. The van der Waals surface area contributed by atoms with E-state index >= 15 is 0 Å². The van der Waals surface area contributed by atoms with Crippen LogP contribution in [0.2, 0.25) is 0 Å². The second-order valence-corrected chi connectivity index (χ2v) is 22.8. The molecule has 530 valence electrons. The van der Waals surface area contributed by atoms with Gasteiger partial charge in [-0.1, -0.05) is 22.3 Å². The number of anilines is 9. The molecule has 3 saturated heterocycles. The zero-order chi connectivity index (χ0) is 68.1. The smallest absolute Gasteiger partial charge is 0.246 e. The van der Waals surface area contributed by atoms with Gasteiger partial charge in [0.1, 0.15) is 65.6 Å². The van der Waals surface area contributed by atoms with E-state index in [1.807, 2.05) is 25.8 Å². The predicted octanol–water partition coefficient (Wildman–Crippen LogP) is 9.10. The fourth-order valence-corrected chi connectivity index (χ4v) is 10.3. The maximum absolute atomic E-state index is 13.3. The van der Waals surface area contributed by atoms with Crippen LogP contribution in [0.1, 0.15) is 79.4 Å². The topological polar surface area (TPSA) is 297 Å². The number of likely N-dealkylation sites (N-methyl/N-ethyl adjacent to an activating group) is 3. The molecule has 3 amide bonds. The quantitative estimate of drug-likeness (QED) is 0.0395. The first-order chi connectivity index (χ1) is 44.5. The van der Waals surface area contributed by atoms with E-state index in [0.717, 1.165) is 36.4 Å². The number of phenolic OH excluding ortho intramolecular Hbond substituents is 1. The lowest BCUT2D eigenvalue weighted by molar-refractivity contribution is -0.118. The molecule has 34 heteroatoms. The lowest BCUT2D eigenvalue weighted by atomic mass is 10.1. The van der Waals surface area contributed by atoms with E-state index in [1.54, 1.807) is 51.6 Å². The number of carbonyl (C=O) groups excluding carboxylic acids is 3. The Morgan fingerprint density at radius 2 is 0.742 bits per heavy atom. The zero-order valence-electron chi connectivity index (χ0n) is 52.1. The van der Waals surface area contributed by atoms with Crippen molar-refractivity contribution in [3.8, 4) is 17.2 Å². The summed E-state index contributed by atoms with van der Waals surface area (Å²) in [7, 11) is 5.44. The van der Waals surface area contributed by atoms with Gasteiger partial charge in [-0.05, 0) is 60.8 Å². The maximum Gasteiger partial charge on any atom is 0.246 e. The highest BCUT2D eigenvalue weighted by molar-refractivity contribution is 6.04. The van der Waals surface area contributed by atoms with Crippen molar-refractivity contribution < 1.29 is 87.8 Å². The summed E-state index contributed by atoms with van der Waals surface area (Å²) in [4.78, 5) is 68.2. The number of rotatable bonds is 13. The number of aromatic hydroxyl groups is 1. The summed E-state index contributed by atoms with van der Waals surface area (Å²) in [6.45, 7) is 12.2. The fraction of sp³-hybridized carbons (Fsp3) is 0.476. The maximum atomic E-state index is 13.3. The normalized spacial score (nSPS) is 21.9. The molecule has 0 saturated carbocycles. The molecule has 25 nitrogen and oxygen atoms in total. The van der Waals surface area contributed by atoms with Gasteiger partial charge in [0, 0.05) is 57.5 Å². The monoisotopic (exact) mass is 1380 g/mol. The largest absolute Gasteiger partial charge is 0.508 e. The molecule has 6 aliphatic heterocycles. The van der Waals surface area contributed by atoms with Crippen LogP contribution in [0.15, 0.2) is 36.4 Å². The van der Waals surface area contributed by atoms with Crippen LogP contribution in [0.5, 0.6) is 17.2 Å². The Morgan fingerprint density at radius 3 is 1.02 bits per heavy atom. The molecule has 9 atom stereocenters. The van der Waals surface area contributed by atoms with Crippen molar-refractivity contribution in [2.24, 2.45) is 0 Å². The summed E-state index contributed by atoms with van der Waals surface area (Å²) in [5.41, 5.74) is 3.83. The molecule has 0 radical (unpaired) electrons. The van der Waals surface area contributed by atoms with E-state index in [1.165, 1.54) is 0 Å². The van der Waals surface area contributed by atoms with Gasteiger partial charge in [0.05, 0.1) is 79.9 Å². The molecule has 3 fully saturated rings. The first-order valence-electron chi connectivity index (χ1n) is 29.5. The number of aryl methyl sites for hydroxylation is 3. The van der Waals surface area contributed by atoms with E-state index in [9.17, 15) is 53.9 Å². The van der Waals surface area contributed by atoms with Crippen LogP contribution in [-0.4, -0.2) is 173 Å². The van der Waals surface area contributed by atoms with Crippen LogP contribution in [0.4, 0.5) is 91.9 Å². The highest BCUT2D eigenvalue weighted by Crippen LogP contribution is 2.36. The van der Waals surface area contributed by atoms with Crippen LogP contribution in [0.3, 0.4) is 0 Å². The second-order valence-electron chi connectivity index (χ2n) is 22.8. The molecular weight excluding hydrogens is 1300 g/mol. The Hall–Kier alpha value is -9.28. The van der Waals surface area contributed by atoms with Gasteiger partial charge in [0.15, 0.2) is 69.8 Å². The fourth-order valence-electron chi connectivity index (χ4n) is 10.3. The van der Waals surface area contributed by atoms with Crippen LogP contribution in [0, 0.1) is 73.1 Å². The van der Waals surface area contributed by atoms with Crippen LogP contribution in [-0.2, 0) is 28.6 Å². The van der Waals surface area contributed by atoms with Crippen LogP contribution < -0.4 is 56.1 Å². The SMILES string of the molecule is C.C.C.Cc1nc(NC2COC(CO)C2)nc2c1NC(=O)[C@H](C)N2C.Cc1nc(N[C@@H]2CO[C@H](COc3cc(F)c(F)c(F)c3)C2)nc2c1NC(=O)[C@H](C)N2C.Cc1nc(N[C@H]2CO[C@@H](COc3cc(F)c(F)c(F)c3)C2)nc2c1NC(=O)[C@H](C)N2C.Oc1cc(F)c(F)c(F)c1. The number of halogens is 9. The van der Waals surface area contributed by atoms with Gasteiger partial charge in [-0.25, -0.2) is 54.5 Å². The van der Waals surface area contributed by atoms with Gasteiger partial charge < -0.3 is 80.5 Å². The summed E-state index contributed by atoms with van der Waals surface area (Å²) in [6.07, 6.45) is 1.05. The number of aliphatic hydroxyl groups is 1. The average Bonchev–Trinajstić information content (AvgIpc) is 1.17. The minimum Gasteiger partial charge on any atom is -0.508 e. The third-order valence-corrected chi connectivity index (χ3v) is 16.0. The van der Waals surface area contributed by atoms with Crippen molar-refractivity contribution in [1.82, 2.24) is 29.9 Å². The number of nitrogens with zero attached hydrogens (tertiary/aromatic N) is 9. The number of aliphatic hydroxyl groups excluding tert-OH is 1. The summed E-state index contributed by atoms with van der Waals surface area (Å²) >= 11 is 0. The summed E-state index contributed by atoms with van der Waals surface area (Å²) in [5.74, 6) is -10.5. The minimum atomic E-state index is -1.57. The minimum absolute atomic E-state index is 0. The standard InChI is InChI=1S/2C20H22F3N5O3.C14H21N5O3.C6H3F3O.3CH4/c2*1-9-17-18(28(3)10(2)19(29)26-17)27-20(24-9)25-11-4-13(30-7-11)8-31-12-5-14(21)16(23)15(22)6-12;1-7-11-12(19(3)8(2)13(21)17-11)18-14(15-7)16-9-4-10(5-20)22-6-9;7-4-1-3(10)2-5(8)6(4)9;;;/h2*5-6,10-11,13H,4,7-8H2,1-3H3,(H,26,29)(H,24,25,27);8-10,20H,4-6H2,1-3H3,(H,17,21)(H,15,16,18);1-2,10H;3*1H4/t10-,11+,13+;10-,11-,13-;8-,9?,10?;;;;/m000..../s1. The lowest BCUT2D eigenvalue weighted by Crippen LogP contribution is -2.45. The molecule has 97 heavy (non-hydrogen) atoms. The average molecular weight is 1380 g/mol. The molecule has 0 spiro atoms. The van der Waals surface area contributed by atoms with Crippen LogP contribution >= 0.6 is 0 Å². The molecule has 9 heterocycles. The molecule has 0 aliphatic carbocycles. The summed E-state index contributed by atoms with van der Waals surface area (Å²) < 4.78 is 143. The Kier molecular flexibility index (Phi) is 25.8. The molecular formula is C63H80F9N15O10. The first kappa shape index (κ1) is 76.7. The molecule has 0 bridgehead atoms. The number of hydrogen-bond donors (Lipinski definition) is 8. The number of fused-ring (bicyclic) bond motifs is 3. The van der Waals surface area contributed by atoms with E-state index in [-0.39, 0.29) is 126 Å². The predicted molar refractivity (Wildman–Crippen MR) is 344 cm³/mol. The van der Waals surface area contributed by atoms with Gasteiger partial charge in [-0.15, -0.1) is 0 Å². The van der Waals surface area contributed by atoms with E-state index in [2.05, 4.69) is 61.8 Å². The summed E-state index contributed by atoms with van der Waals surface area (Å²) in [6, 6.07) is 3.06. The molecule has 3 aromatic carbocycles. The van der Waals surface area contributed by atoms with Gasteiger partial charge in [0.25, 0.3) is 0 Å². The molecule has 12 rings (SSSR count). The third kappa shape index (κ3) is 18.0. The van der Waals surface area contributed by atoms with Crippen molar-refractivity contribution in [3.05, 3.63) is 106 Å². The van der Waals surface area contributed by atoms with Gasteiger partial charge in [-0.3, -0.25) is 14.4 Å². The number of phenols is 1. The van der Waals surface area contributed by atoms with Gasteiger partial charge in [0.2, 0.25) is 35.6 Å². The Morgan fingerprint density at radius 1 is 0.474 bits per heavy atom. The number of hydrogen-bond acceptors (Lipinski definition) is 22. The number of ether oxygens (including phenoxy) is 5. The van der Waals surface area contributed by atoms with Crippen molar-refractivity contribution in [1.29, 1.82) is 0 Å². The first-order valence-corrected chi connectivity index (χ1v) is 29.5. The number of aromatic nitrogens is 6. The second kappa shape index (κ2) is 32.6. The highest BCUT2D eigenvalue weighted by Gasteiger charge is 2.36. The van der Waals surface area contributed by atoms with E-state index in [4.69, 9.17) is 33.9 Å². The summed E-state index contributed by atoms with van der Waals surface area (Å²) in [5, 5.41) is 35.8. The molecule has 2 unspecified atom stereocenters. The van der Waals surface area contributed by atoms with E-state index < -0.39 is 58.1 Å². The number of carbonyl (C=O) groups is 3. The van der Waals surface area contributed by atoms with Crippen LogP contribution in [0.25, 0.3) is 0 Å². The van der Waals surface area contributed by atoms with Crippen molar-refractivity contribution in [2.45, 2.75) is 138 Å². The Bertz CT molecular complexity index is 3590. The molecule has 6 aliphatic rings. The lowest BCUT2D eigenvalue weighted by Gasteiger charge is -2.32. The van der Waals surface area contributed by atoms with Crippen molar-refractivity contribution in [3.63, 3.8) is 0 Å². The molecule has 3 aromatic heterocycles. The van der Waals surface area contributed by atoms with Crippen molar-refractivity contribution in [2.75, 3.05) is 107 Å². The number of amides is 3. The third-order valence-electron chi connectivity index (χ3n) is 16.0. The van der Waals surface area contributed by atoms with E-state index in [0.29, 0.717) is 109 Å². The van der Waals surface area contributed by atoms with Gasteiger partial charge >= 0.3 is 0 Å². The zero-order valence-corrected chi connectivity index (χ0v) is 52.1. The number of benzene rings is 3. The van der Waals surface area contributed by atoms with Gasteiger partial charge in [-0.2, -0.15) is 15.0 Å². The Labute approximate surface area is 554 Å². The Balaban J connectivity index is 0.000000214. The molecule has 6 aromatic rings. The highest BCUT2D eigenvalue weighted by atomic mass is 19.2. The van der Waals surface area contributed by atoms with Crippen molar-refractivity contribution >= 4 is 70.1 Å².